The summed E-state index contributed by atoms with van der Waals surface area (Å²) in [7, 11) is 1.09. The summed E-state index contributed by atoms with van der Waals surface area (Å²) in [5.41, 5.74) is 1.16. The van der Waals surface area contributed by atoms with Gasteiger partial charge in [0.2, 0.25) is 0 Å². The fraction of sp³-hybridized carbons (Fsp3) is 0.200. The number of amides is 1. The first-order valence-corrected chi connectivity index (χ1v) is 12.1. The van der Waals surface area contributed by atoms with Crippen molar-refractivity contribution >= 4 is 33.3 Å². The molecule has 0 radical (unpaired) electrons. The Hall–Kier alpha value is -4.25. The molecule has 11 heteroatoms. The van der Waals surface area contributed by atoms with E-state index in [2.05, 4.69) is 10.0 Å². The van der Waals surface area contributed by atoms with Crippen molar-refractivity contribution in [2.24, 2.45) is 0 Å². The molecule has 3 aromatic carbocycles. The third-order valence-corrected chi connectivity index (χ3v) is 6.66. The number of hydrogen-bond acceptors (Lipinski definition) is 8. The molecule has 10 nitrogen and oxygen atoms in total. The van der Waals surface area contributed by atoms with Crippen molar-refractivity contribution < 1.29 is 37.0 Å². The molecule has 2 N–H and O–H groups in total. The highest BCUT2D eigenvalue weighted by Gasteiger charge is 2.24. The number of nitrogens with one attached hydrogen (secondary N) is 2. The summed E-state index contributed by atoms with van der Waals surface area (Å²) in [6, 6.07) is 13.6. The summed E-state index contributed by atoms with van der Waals surface area (Å²) in [5, 5.41) is 2.70. The average molecular weight is 515 g/mol. The Morgan fingerprint density at radius 1 is 0.750 bits per heavy atom. The van der Waals surface area contributed by atoms with Crippen LogP contribution < -0.4 is 24.2 Å². The Bertz CT molecular complexity index is 1400. The van der Waals surface area contributed by atoms with Gasteiger partial charge in [0.1, 0.15) is 5.75 Å². The Labute approximate surface area is 209 Å². The van der Waals surface area contributed by atoms with Crippen molar-refractivity contribution in [2.75, 3.05) is 38.5 Å². The maximum absolute atomic E-state index is 13.3. The number of sulfonamides is 1. The van der Waals surface area contributed by atoms with Gasteiger partial charge in [-0.3, -0.25) is 9.52 Å². The number of rotatable bonds is 9. The fourth-order valence-electron chi connectivity index (χ4n) is 3.42. The molecule has 0 aromatic heterocycles. The summed E-state index contributed by atoms with van der Waals surface area (Å²) < 4.78 is 49.5. The minimum absolute atomic E-state index is 0.0826. The molecule has 0 aliphatic rings. The van der Waals surface area contributed by atoms with Gasteiger partial charge in [-0.1, -0.05) is 18.2 Å². The van der Waals surface area contributed by atoms with Crippen LogP contribution in [-0.4, -0.2) is 48.7 Å². The van der Waals surface area contributed by atoms with E-state index in [4.69, 9.17) is 18.9 Å². The van der Waals surface area contributed by atoms with E-state index >= 15 is 0 Å². The third-order valence-electron chi connectivity index (χ3n) is 5.29. The standard InChI is InChI=1S/C25H26N2O8S/c1-15-8-6-7-9-17(15)24(28)26-20-12-16(10-11-21(20)32-2)36(30,31)27-19-14-23(34-4)22(33-3)13-18(19)25(29)35-5/h6-14,27H,1-5H3,(H,26,28). The highest BCUT2D eigenvalue weighted by atomic mass is 32.2. The number of methoxy groups -OCH3 is 4. The van der Waals surface area contributed by atoms with Crippen LogP contribution >= 0.6 is 0 Å². The molecule has 36 heavy (non-hydrogen) atoms. The third kappa shape index (κ3) is 5.52. The monoisotopic (exact) mass is 514 g/mol. The lowest BCUT2D eigenvalue weighted by Crippen LogP contribution is -2.18. The Morgan fingerprint density at radius 3 is 2.00 bits per heavy atom. The first kappa shape index (κ1) is 26.4. The van der Waals surface area contributed by atoms with E-state index in [-0.39, 0.29) is 39.1 Å². The Kier molecular flexibility index (Phi) is 8.05. The largest absolute Gasteiger partial charge is 0.495 e. The number of ether oxygens (including phenoxy) is 4. The zero-order valence-corrected chi connectivity index (χ0v) is 21.2. The molecular formula is C25H26N2O8S. The van der Waals surface area contributed by atoms with E-state index in [1.165, 1.54) is 58.8 Å². The van der Waals surface area contributed by atoms with Crippen LogP contribution in [0.4, 0.5) is 11.4 Å². The number of carbonyl (C=O) groups is 2. The maximum atomic E-state index is 13.3. The molecule has 0 saturated heterocycles. The minimum atomic E-state index is -4.24. The number of anilines is 2. The van der Waals surface area contributed by atoms with Crippen LogP contribution in [0.2, 0.25) is 0 Å². The summed E-state index contributed by atoms with van der Waals surface area (Å²) >= 11 is 0. The van der Waals surface area contributed by atoms with Gasteiger partial charge in [-0.15, -0.1) is 0 Å². The van der Waals surface area contributed by atoms with Crippen molar-refractivity contribution in [3.05, 3.63) is 71.3 Å². The van der Waals surface area contributed by atoms with Crippen LogP contribution in [0.25, 0.3) is 0 Å². The second-order valence-corrected chi connectivity index (χ2v) is 9.16. The number of benzene rings is 3. The van der Waals surface area contributed by atoms with Crippen molar-refractivity contribution in [3.63, 3.8) is 0 Å². The number of esters is 1. The van der Waals surface area contributed by atoms with Gasteiger partial charge in [0.25, 0.3) is 15.9 Å². The summed E-state index contributed by atoms with van der Waals surface area (Å²) in [6.45, 7) is 1.79. The smallest absolute Gasteiger partial charge is 0.340 e. The van der Waals surface area contributed by atoms with Crippen LogP contribution in [0.1, 0.15) is 26.3 Å². The SMILES string of the molecule is COC(=O)c1cc(OC)c(OC)cc1NS(=O)(=O)c1ccc(OC)c(NC(=O)c2ccccc2C)c1. The van der Waals surface area contributed by atoms with Gasteiger partial charge in [0, 0.05) is 17.7 Å². The van der Waals surface area contributed by atoms with E-state index in [1.54, 1.807) is 25.1 Å². The second kappa shape index (κ2) is 11.0. The normalized spacial score (nSPS) is 10.8. The first-order chi connectivity index (χ1) is 17.1. The molecule has 0 atom stereocenters. The lowest BCUT2D eigenvalue weighted by atomic mass is 10.1. The summed E-state index contributed by atoms with van der Waals surface area (Å²) in [4.78, 5) is 25.0. The quantitative estimate of drug-likeness (QED) is 0.412. The first-order valence-electron chi connectivity index (χ1n) is 10.6. The van der Waals surface area contributed by atoms with Gasteiger partial charge >= 0.3 is 5.97 Å². The van der Waals surface area contributed by atoms with Gasteiger partial charge in [-0.25, -0.2) is 13.2 Å². The minimum Gasteiger partial charge on any atom is -0.495 e. The number of hydrogen-bond donors (Lipinski definition) is 2. The molecule has 1 amide bonds. The molecule has 0 aliphatic heterocycles. The highest BCUT2D eigenvalue weighted by molar-refractivity contribution is 7.92. The zero-order chi connectivity index (χ0) is 26.5. The van der Waals surface area contributed by atoms with Gasteiger partial charge in [-0.2, -0.15) is 0 Å². The van der Waals surface area contributed by atoms with Crippen molar-refractivity contribution in [1.29, 1.82) is 0 Å². The maximum Gasteiger partial charge on any atom is 0.340 e. The lowest BCUT2D eigenvalue weighted by Gasteiger charge is -2.17. The van der Waals surface area contributed by atoms with Gasteiger partial charge in [-0.05, 0) is 36.8 Å². The van der Waals surface area contributed by atoms with E-state index in [0.717, 1.165) is 5.56 Å². The summed E-state index contributed by atoms with van der Waals surface area (Å²) in [6.07, 6.45) is 0. The van der Waals surface area contributed by atoms with Crippen LogP contribution in [-0.2, 0) is 14.8 Å². The van der Waals surface area contributed by atoms with Gasteiger partial charge < -0.3 is 24.3 Å². The van der Waals surface area contributed by atoms with E-state index in [1.807, 2.05) is 6.07 Å². The molecular weight excluding hydrogens is 488 g/mol. The van der Waals surface area contributed by atoms with E-state index < -0.39 is 21.9 Å². The van der Waals surface area contributed by atoms with Crippen LogP contribution in [0.5, 0.6) is 17.2 Å². The van der Waals surface area contributed by atoms with Crippen molar-refractivity contribution in [1.82, 2.24) is 0 Å². The summed E-state index contributed by atoms with van der Waals surface area (Å²) in [5.74, 6) is -0.538. The molecule has 190 valence electrons. The van der Waals surface area contributed by atoms with Crippen LogP contribution in [0.3, 0.4) is 0 Å². The molecule has 0 unspecified atom stereocenters. The van der Waals surface area contributed by atoms with Crippen molar-refractivity contribution in [3.8, 4) is 17.2 Å². The fourth-order valence-corrected chi connectivity index (χ4v) is 4.51. The number of carbonyl (C=O) groups excluding carboxylic acids is 2. The molecule has 0 bridgehead atoms. The van der Waals surface area contributed by atoms with Crippen molar-refractivity contribution in [2.45, 2.75) is 11.8 Å². The molecule has 3 aromatic rings. The predicted octanol–water partition coefficient (Wildman–Crippen LogP) is 3.86. The molecule has 3 rings (SSSR count). The molecule has 0 fully saturated rings. The Balaban J connectivity index is 2.01. The molecule has 0 saturated carbocycles. The van der Waals surface area contributed by atoms with Gasteiger partial charge in [0.15, 0.2) is 11.5 Å². The van der Waals surface area contributed by atoms with E-state index in [0.29, 0.717) is 5.56 Å². The average Bonchev–Trinajstić information content (AvgIpc) is 2.87. The predicted molar refractivity (Wildman–Crippen MR) is 134 cm³/mol. The zero-order valence-electron chi connectivity index (χ0n) is 20.4. The molecule has 0 heterocycles. The highest BCUT2D eigenvalue weighted by Crippen LogP contribution is 2.35. The van der Waals surface area contributed by atoms with Crippen LogP contribution in [0, 0.1) is 6.92 Å². The molecule has 0 spiro atoms. The Morgan fingerprint density at radius 2 is 1.39 bits per heavy atom. The number of aryl methyl sites for hydroxylation is 1. The lowest BCUT2D eigenvalue weighted by molar-refractivity contribution is 0.0601. The second-order valence-electron chi connectivity index (χ2n) is 7.48. The van der Waals surface area contributed by atoms with E-state index in [9.17, 15) is 18.0 Å². The molecule has 0 aliphatic carbocycles. The topological polar surface area (TPSA) is 129 Å². The van der Waals surface area contributed by atoms with Crippen LogP contribution in [0.15, 0.2) is 59.5 Å². The van der Waals surface area contributed by atoms with Gasteiger partial charge in [0.05, 0.1) is 50.3 Å².